The van der Waals surface area contributed by atoms with Gasteiger partial charge in [0, 0.05) is 5.56 Å². The van der Waals surface area contributed by atoms with Crippen molar-refractivity contribution in [2.45, 2.75) is 17.4 Å². The third-order valence-electron chi connectivity index (χ3n) is 3.55. The first-order valence-electron chi connectivity index (χ1n) is 7.75. The Bertz CT molecular complexity index is 980. The Morgan fingerprint density at radius 3 is 2.73 bits per heavy atom. The molecule has 0 saturated carbocycles. The van der Waals surface area contributed by atoms with Crippen LogP contribution in [-0.4, -0.2) is 27.4 Å². The van der Waals surface area contributed by atoms with Crippen molar-refractivity contribution < 1.29 is 13.7 Å². The molecular formula is C17H14N4O3S2. The first-order valence-corrected chi connectivity index (χ1v) is 9.51. The van der Waals surface area contributed by atoms with E-state index in [2.05, 4.69) is 20.3 Å². The normalized spacial score (nSPS) is 12.2. The van der Waals surface area contributed by atoms with Crippen molar-refractivity contribution in [3.8, 4) is 27.9 Å². The maximum atomic E-state index is 5.73. The molecule has 1 aromatic carbocycles. The molecule has 4 rings (SSSR count). The molecule has 3 aromatic heterocycles. The van der Waals surface area contributed by atoms with E-state index in [1.54, 1.807) is 18.4 Å². The van der Waals surface area contributed by atoms with E-state index in [4.69, 9.17) is 13.7 Å². The molecule has 26 heavy (non-hydrogen) atoms. The Hall–Kier alpha value is -2.65. The van der Waals surface area contributed by atoms with Crippen LogP contribution in [0.15, 0.2) is 55.9 Å². The zero-order chi connectivity index (χ0) is 17.9. The number of benzene rings is 1. The van der Waals surface area contributed by atoms with Gasteiger partial charge in [0.15, 0.2) is 0 Å². The number of hydrogen-bond donors (Lipinski definition) is 0. The molecule has 9 heteroatoms. The van der Waals surface area contributed by atoms with Gasteiger partial charge in [-0.3, -0.25) is 0 Å². The second kappa shape index (κ2) is 7.30. The number of methoxy groups -OCH3 is 1. The molecule has 0 fully saturated rings. The zero-order valence-electron chi connectivity index (χ0n) is 13.9. The Morgan fingerprint density at radius 2 is 2.00 bits per heavy atom. The van der Waals surface area contributed by atoms with E-state index in [0.29, 0.717) is 22.8 Å². The maximum Gasteiger partial charge on any atom is 0.277 e. The topological polar surface area (TPSA) is 87.1 Å². The lowest BCUT2D eigenvalue weighted by atomic mass is 10.2. The predicted octanol–water partition coefficient (Wildman–Crippen LogP) is 4.71. The fourth-order valence-electron chi connectivity index (χ4n) is 2.22. The fraction of sp³-hybridized carbons (Fsp3) is 0.176. The smallest absolute Gasteiger partial charge is 0.277 e. The molecule has 0 aliphatic rings. The van der Waals surface area contributed by atoms with Crippen molar-refractivity contribution >= 4 is 23.1 Å². The third kappa shape index (κ3) is 3.49. The summed E-state index contributed by atoms with van der Waals surface area (Å²) in [5.41, 5.74) is 0.829. The molecule has 4 aromatic rings. The molecule has 1 unspecified atom stereocenters. The van der Waals surface area contributed by atoms with Gasteiger partial charge in [-0.1, -0.05) is 23.0 Å². The summed E-state index contributed by atoms with van der Waals surface area (Å²) < 4.78 is 16.2. The van der Waals surface area contributed by atoms with Gasteiger partial charge in [-0.25, -0.2) is 0 Å². The van der Waals surface area contributed by atoms with Crippen LogP contribution in [0.5, 0.6) is 5.75 Å². The molecule has 0 amide bonds. The summed E-state index contributed by atoms with van der Waals surface area (Å²) in [6, 6.07) is 11.3. The lowest BCUT2D eigenvalue weighted by molar-refractivity contribution is 0.379. The number of thioether (sulfide) groups is 1. The molecule has 1 atom stereocenters. The monoisotopic (exact) mass is 386 g/mol. The molecule has 0 radical (unpaired) electrons. The van der Waals surface area contributed by atoms with Crippen molar-refractivity contribution in [1.29, 1.82) is 0 Å². The highest BCUT2D eigenvalue weighted by molar-refractivity contribution is 7.99. The summed E-state index contributed by atoms with van der Waals surface area (Å²) in [6.45, 7) is 1.95. The number of rotatable bonds is 6. The molecule has 132 valence electrons. The number of nitrogens with zero attached hydrogens (tertiary/aromatic N) is 4. The van der Waals surface area contributed by atoms with Crippen molar-refractivity contribution in [2.24, 2.45) is 0 Å². The summed E-state index contributed by atoms with van der Waals surface area (Å²) in [6.07, 6.45) is 0. The molecule has 0 bridgehead atoms. The van der Waals surface area contributed by atoms with Gasteiger partial charge in [-0.2, -0.15) is 4.98 Å². The van der Waals surface area contributed by atoms with Crippen LogP contribution in [0.1, 0.15) is 18.1 Å². The Balaban J connectivity index is 1.46. The minimum absolute atomic E-state index is 0.111. The second-order valence-electron chi connectivity index (χ2n) is 5.30. The minimum atomic E-state index is -0.111. The van der Waals surface area contributed by atoms with E-state index in [1.807, 2.05) is 48.7 Å². The van der Waals surface area contributed by atoms with Crippen LogP contribution >= 0.6 is 23.1 Å². The lowest BCUT2D eigenvalue weighted by Crippen LogP contribution is -1.88. The number of ether oxygens (including phenoxy) is 1. The van der Waals surface area contributed by atoms with Crippen molar-refractivity contribution in [3.63, 3.8) is 0 Å². The molecule has 7 nitrogen and oxygen atoms in total. The van der Waals surface area contributed by atoms with Gasteiger partial charge in [0.1, 0.15) is 5.75 Å². The van der Waals surface area contributed by atoms with Gasteiger partial charge >= 0.3 is 0 Å². The van der Waals surface area contributed by atoms with Gasteiger partial charge in [0.25, 0.3) is 5.22 Å². The summed E-state index contributed by atoms with van der Waals surface area (Å²) in [5.74, 6) is 2.33. The van der Waals surface area contributed by atoms with E-state index in [9.17, 15) is 0 Å². The van der Waals surface area contributed by atoms with Crippen molar-refractivity contribution in [2.75, 3.05) is 7.11 Å². The maximum absolute atomic E-state index is 5.73. The molecule has 0 saturated heterocycles. The van der Waals surface area contributed by atoms with Crippen LogP contribution in [-0.2, 0) is 0 Å². The minimum Gasteiger partial charge on any atom is -0.497 e. The van der Waals surface area contributed by atoms with Gasteiger partial charge in [0.2, 0.25) is 17.6 Å². The van der Waals surface area contributed by atoms with Crippen LogP contribution < -0.4 is 4.74 Å². The predicted molar refractivity (Wildman–Crippen MR) is 98.2 cm³/mol. The highest BCUT2D eigenvalue weighted by Gasteiger charge is 2.20. The summed E-state index contributed by atoms with van der Waals surface area (Å²) in [5, 5.41) is 14.5. The van der Waals surface area contributed by atoms with Crippen LogP contribution in [0.25, 0.3) is 22.2 Å². The van der Waals surface area contributed by atoms with Crippen molar-refractivity contribution in [1.82, 2.24) is 20.3 Å². The SMILES string of the molecule is COc1ccc(-c2nnc(SC(C)c3nc(-c4cccs4)no3)o2)cc1. The first kappa shape index (κ1) is 16.8. The lowest BCUT2D eigenvalue weighted by Gasteiger charge is -2.01. The molecule has 3 heterocycles. The highest BCUT2D eigenvalue weighted by atomic mass is 32.2. The number of thiophene rings is 1. The van der Waals surface area contributed by atoms with Crippen LogP contribution in [0, 0.1) is 0 Å². The Kier molecular flexibility index (Phi) is 4.72. The highest BCUT2D eigenvalue weighted by Crippen LogP contribution is 2.35. The average molecular weight is 386 g/mol. The Morgan fingerprint density at radius 1 is 1.15 bits per heavy atom. The van der Waals surface area contributed by atoms with Crippen LogP contribution in [0.2, 0.25) is 0 Å². The summed E-state index contributed by atoms with van der Waals surface area (Å²) in [7, 11) is 1.62. The van der Waals surface area contributed by atoms with Crippen LogP contribution in [0.4, 0.5) is 0 Å². The molecule has 0 aliphatic carbocycles. The van der Waals surface area contributed by atoms with E-state index in [0.717, 1.165) is 16.2 Å². The molecule has 0 spiro atoms. The van der Waals surface area contributed by atoms with Crippen LogP contribution in [0.3, 0.4) is 0 Å². The Labute approximate surface area is 157 Å². The van der Waals surface area contributed by atoms with Gasteiger partial charge in [-0.05, 0) is 42.6 Å². The van der Waals surface area contributed by atoms with Gasteiger partial charge in [-0.15, -0.1) is 21.5 Å². The zero-order valence-corrected chi connectivity index (χ0v) is 15.6. The summed E-state index contributed by atoms with van der Waals surface area (Å²) >= 11 is 2.94. The summed E-state index contributed by atoms with van der Waals surface area (Å²) in [4.78, 5) is 5.41. The van der Waals surface area contributed by atoms with E-state index in [1.165, 1.54) is 11.8 Å². The van der Waals surface area contributed by atoms with E-state index < -0.39 is 0 Å². The molecule has 0 aliphatic heterocycles. The number of hydrogen-bond acceptors (Lipinski definition) is 9. The molecular weight excluding hydrogens is 372 g/mol. The van der Waals surface area contributed by atoms with E-state index in [-0.39, 0.29) is 5.25 Å². The quantitative estimate of drug-likeness (QED) is 0.440. The third-order valence-corrected chi connectivity index (χ3v) is 5.34. The largest absolute Gasteiger partial charge is 0.497 e. The fourth-order valence-corrected chi connectivity index (χ4v) is 3.58. The van der Waals surface area contributed by atoms with Gasteiger partial charge in [0.05, 0.1) is 17.2 Å². The average Bonchev–Trinajstić information content (AvgIpc) is 3.41. The van der Waals surface area contributed by atoms with Crippen molar-refractivity contribution in [3.05, 3.63) is 47.7 Å². The standard InChI is InChI=1S/C17H14N4O3S2/c1-10(15-18-14(21-24-15)13-4-3-9-25-13)26-17-20-19-16(23-17)11-5-7-12(22-2)8-6-11/h3-10H,1-2H3. The molecule has 0 N–H and O–H groups in total. The second-order valence-corrected chi connectivity index (χ2v) is 7.53. The first-order chi connectivity index (χ1) is 12.7. The van der Waals surface area contributed by atoms with E-state index >= 15 is 0 Å². The number of aromatic nitrogens is 4. The van der Waals surface area contributed by atoms with Gasteiger partial charge < -0.3 is 13.7 Å².